The SMILES string of the molecule is COc1cccc(CN(C(=O)CN(c2cccc(C)c2C)S(=O)(=O)c2ccccc2)[C@@H](C)C(=O)NC2CCCC2)c1. The van der Waals surface area contributed by atoms with Crippen molar-refractivity contribution in [3.63, 3.8) is 0 Å². The number of aryl methyl sites for hydroxylation is 1. The third-order valence-electron chi connectivity index (χ3n) is 7.81. The Morgan fingerprint density at radius 3 is 2.34 bits per heavy atom. The molecule has 1 atom stereocenters. The highest BCUT2D eigenvalue weighted by atomic mass is 32.2. The molecule has 2 amide bonds. The van der Waals surface area contributed by atoms with Crippen LogP contribution in [0.1, 0.15) is 49.3 Å². The van der Waals surface area contributed by atoms with Crippen molar-refractivity contribution in [2.75, 3.05) is 18.0 Å². The van der Waals surface area contributed by atoms with Gasteiger partial charge >= 0.3 is 0 Å². The van der Waals surface area contributed by atoms with Crippen LogP contribution in [-0.4, -0.2) is 50.9 Å². The molecule has 0 unspecified atom stereocenters. The first-order chi connectivity index (χ1) is 19.6. The summed E-state index contributed by atoms with van der Waals surface area (Å²) in [7, 11) is -2.54. The van der Waals surface area contributed by atoms with Crippen LogP contribution in [0.25, 0.3) is 0 Å². The Hall–Kier alpha value is -3.85. The standard InChI is InChI=1S/C32H39N3O5S/c1-23-12-10-19-30(24(23)2)35(41(38,39)29-17-6-5-7-18-29)22-31(36)34(21-26-13-11-16-28(20-26)40-4)25(3)32(37)33-27-14-8-9-15-27/h5-7,10-13,16-20,25,27H,8-9,14-15,21-22H2,1-4H3,(H,33,37)/t25-/m0/s1. The van der Waals surface area contributed by atoms with Gasteiger partial charge in [0.15, 0.2) is 0 Å². The lowest BCUT2D eigenvalue weighted by molar-refractivity contribution is -0.139. The second-order valence-electron chi connectivity index (χ2n) is 10.6. The second-order valence-corrected chi connectivity index (χ2v) is 12.4. The van der Waals surface area contributed by atoms with Crippen LogP contribution in [0.2, 0.25) is 0 Å². The molecule has 0 saturated heterocycles. The molecule has 1 N–H and O–H groups in total. The predicted octanol–water partition coefficient (Wildman–Crippen LogP) is 4.98. The number of rotatable bonds is 11. The van der Waals surface area contributed by atoms with Crippen molar-refractivity contribution in [2.45, 2.75) is 70.0 Å². The molecule has 1 aliphatic rings. The van der Waals surface area contributed by atoms with Gasteiger partial charge in [-0.25, -0.2) is 8.42 Å². The minimum atomic E-state index is -4.10. The van der Waals surface area contributed by atoms with Gasteiger partial charge in [-0.3, -0.25) is 13.9 Å². The first-order valence-corrected chi connectivity index (χ1v) is 15.4. The molecule has 3 aromatic carbocycles. The van der Waals surface area contributed by atoms with Gasteiger partial charge in [0.05, 0.1) is 17.7 Å². The number of carbonyl (C=O) groups is 2. The summed E-state index contributed by atoms with van der Waals surface area (Å²) < 4.78 is 34.5. The van der Waals surface area contributed by atoms with Crippen LogP contribution >= 0.6 is 0 Å². The Kier molecular flexibility index (Phi) is 9.70. The molecule has 0 heterocycles. The van der Waals surface area contributed by atoms with Crippen molar-refractivity contribution in [3.05, 3.63) is 89.5 Å². The first-order valence-electron chi connectivity index (χ1n) is 14.0. The molecule has 4 rings (SSSR count). The zero-order valence-corrected chi connectivity index (χ0v) is 25.0. The molecule has 218 valence electrons. The number of anilines is 1. The molecule has 1 fully saturated rings. The van der Waals surface area contributed by atoms with E-state index in [9.17, 15) is 18.0 Å². The van der Waals surface area contributed by atoms with Gasteiger partial charge in [-0.1, -0.05) is 55.3 Å². The zero-order valence-electron chi connectivity index (χ0n) is 24.2. The minimum Gasteiger partial charge on any atom is -0.497 e. The average molecular weight is 578 g/mol. The molecule has 1 saturated carbocycles. The van der Waals surface area contributed by atoms with Gasteiger partial charge < -0.3 is 15.0 Å². The smallest absolute Gasteiger partial charge is 0.264 e. The molecule has 9 heteroatoms. The lowest BCUT2D eigenvalue weighted by Crippen LogP contribution is -2.52. The third-order valence-corrected chi connectivity index (χ3v) is 9.58. The molecule has 0 aromatic heterocycles. The van der Waals surface area contributed by atoms with Crippen LogP contribution in [-0.2, 0) is 26.2 Å². The van der Waals surface area contributed by atoms with Crippen LogP contribution in [0.5, 0.6) is 5.75 Å². The van der Waals surface area contributed by atoms with E-state index in [1.54, 1.807) is 50.4 Å². The molecule has 3 aromatic rings. The summed E-state index contributed by atoms with van der Waals surface area (Å²) in [6.07, 6.45) is 3.96. The number of hydrogen-bond acceptors (Lipinski definition) is 5. The van der Waals surface area contributed by atoms with E-state index in [2.05, 4.69) is 5.32 Å². The van der Waals surface area contributed by atoms with Gasteiger partial charge in [0.2, 0.25) is 11.8 Å². The number of methoxy groups -OCH3 is 1. The number of benzene rings is 3. The number of amides is 2. The summed E-state index contributed by atoms with van der Waals surface area (Å²) in [6.45, 7) is 5.08. The summed E-state index contributed by atoms with van der Waals surface area (Å²) in [5.41, 5.74) is 2.85. The van der Waals surface area contributed by atoms with Crippen molar-refractivity contribution in [3.8, 4) is 5.75 Å². The van der Waals surface area contributed by atoms with E-state index in [1.165, 1.54) is 17.0 Å². The van der Waals surface area contributed by atoms with E-state index >= 15 is 0 Å². The highest BCUT2D eigenvalue weighted by Gasteiger charge is 2.34. The highest BCUT2D eigenvalue weighted by Crippen LogP contribution is 2.29. The fraction of sp³-hybridized carbons (Fsp3) is 0.375. The van der Waals surface area contributed by atoms with E-state index in [0.717, 1.165) is 46.7 Å². The van der Waals surface area contributed by atoms with Crippen LogP contribution in [0.3, 0.4) is 0 Å². The van der Waals surface area contributed by atoms with Crippen LogP contribution in [0, 0.1) is 13.8 Å². The van der Waals surface area contributed by atoms with Gasteiger partial charge in [-0.2, -0.15) is 0 Å². The van der Waals surface area contributed by atoms with Crippen LogP contribution in [0.15, 0.2) is 77.7 Å². The van der Waals surface area contributed by atoms with Crippen molar-refractivity contribution in [2.24, 2.45) is 0 Å². The lowest BCUT2D eigenvalue weighted by Gasteiger charge is -2.33. The number of nitrogens with one attached hydrogen (secondary N) is 1. The molecule has 8 nitrogen and oxygen atoms in total. The molecule has 41 heavy (non-hydrogen) atoms. The number of carbonyl (C=O) groups excluding carboxylic acids is 2. The van der Waals surface area contributed by atoms with E-state index in [4.69, 9.17) is 4.74 Å². The second kappa shape index (κ2) is 13.2. The van der Waals surface area contributed by atoms with Gasteiger partial charge in [-0.15, -0.1) is 0 Å². The molecule has 0 spiro atoms. The predicted molar refractivity (Wildman–Crippen MR) is 160 cm³/mol. The number of nitrogens with zero attached hydrogens (tertiary/aromatic N) is 2. The van der Waals surface area contributed by atoms with Crippen molar-refractivity contribution >= 4 is 27.5 Å². The van der Waals surface area contributed by atoms with E-state index in [1.807, 2.05) is 38.1 Å². The lowest BCUT2D eigenvalue weighted by atomic mass is 10.1. The van der Waals surface area contributed by atoms with Crippen molar-refractivity contribution in [1.82, 2.24) is 10.2 Å². The quantitative estimate of drug-likeness (QED) is 0.347. The molecule has 0 bridgehead atoms. The van der Waals surface area contributed by atoms with Gasteiger partial charge in [-0.05, 0) is 80.6 Å². The minimum absolute atomic E-state index is 0.0834. The Bertz CT molecular complexity index is 1470. The monoisotopic (exact) mass is 577 g/mol. The topological polar surface area (TPSA) is 96.0 Å². The fourth-order valence-electron chi connectivity index (χ4n) is 5.18. The molecule has 1 aliphatic carbocycles. The highest BCUT2D eigenvalue weighted by molar-refractivity contribution is 7.92. The molecular weight excluding hydrogens is 538 g/mol. The Morgan fingerprint density at radius 1 is 0.976 bits per heavy atom. The molecule has 0 aliphatic heterocycles. The van der Waals surface area contributed by atoms with E-state index in [0.29, 0.717) is 11.4 Å². The summed E-state index contributed by atoms with van der Waals surface area (Å²) in [5.74, 6) is -0.110. The number of sulfonamides is 1. The summed E-state index contributed by atoms with van der Waals surface area (Å²) in [4.78, 5) is 29.1. The normalized spacial score (nSPS) is 14.3. The van der Waals surface area contributed by atoms with Gasteiger partial charge in [0.1, 0.15) is 18.3 Å². The Morgan fingerprint density at radius 2 is 1.66 bits per heavy atom. The maximum atomic E-state index is 14.2. The Labute approximate surface area is 243 Å². The first kappa shape index (κ1) is 30.1. The van der Waals surface area contributed by atoms with Crippen LogP contribution < -0.4 is 14.4 Å². The summed E-state index contributed by atoms with van der Waals surface area (Å²) >= 11 is 0. The van der Waals surface area contributed by atoms with Gasteiger partial charge in [0.25, 0.3) is 10.0 Å². The van der Waals surface area contributed by atoms with Gasteiger partial charge in [0, 0.05) is 12.6 Å². The summed E-state index contributed by atoms with van der Waals surface area (Å²) in [6, 6.07) is 20.0. The summed E-state index contributed by atoms with van der Waals surface area (Å²) in [5, 5.41) is 3.09. The largest absolute Gasteiger partial charge is 0.497 e. The number of hydrogen-bond donors (Lipinski definition) is 1. The fourth-order valence-corrected chi connectivity index (χ4v) is 6.67. The Balaban J connectivity index is 1.71. The third kappa shape index (κ3) is 7.08. The van der Waals surface area contributed by atoms with E-state index in [-0.39, 0.29) is 23.4 Å². The molecule has 0 radical (unpaired) electrons. The van der Waals surface area contributed by atoms with E-state index < -0.39 is 28.5 Å². The molecular formula is C32H39N3O5S. The maximum absolute atomic E-state index is 14.2. The maximum Gasteiger partial charge on any atom is 0.264 e. The van der Waals surface area contributed by atoms with Crippen molar-refractivity contribution < 1.29 is 22.7 Å². The zero-order chi connectivity index (χ0) is 29.6. The number of ether oxygens (including phenoxy) is 1. The van der Waals surface area contributed by atoms with Crippen molar-refractivity contribution in [1.29, 1.82) is 0 Å². The average Bonchev–Trinajstić information content (AvgIpc) is 3.49. The van der Waals surface area contributed by atoms with Crippen LogP contribution in [0.4, 0.5) is 5.69 Å².